The molecule has 0 aliphatic heterocycles. The predicted molar refractivity (Wildman–Crippen MR) is 69.6 cm³/mol. The van der Waals surface area contributed by atoms with Crippen LogP contribution in [0, 0.1) is 21.4 Å². The van der Waals surface area contributed by atoms with Crippen LogP contribution in [0.5, 0.6) is 0 Å². The van der Waals surface area contributed by atoms with Crippen LogP contribution < -0.4 is 5.73 Å². The van der Waals surface area contributed by atoms with Gasteiger partial charge < -0.3 is 10.6 Å². The second kappa shape index (κ2) is 5.52. The van der Waals surface area contributed by atoms with E-state index in [-0.39, 0.29) is 29.5 Å². The number of rotatable bonds is 5. The standard InChI is InChI=1S/C12H13N5O3/c13-4-1-5-16(8-2-3-8)12(18)10-6-9(17(19)20)7-15-11(10)14/h6-8H,1-3,5H2,(H2,14,15). The van der Waals surface area contributed by atoms with Crippen molar-refractivity contribution in [3.8, 4) is 6.07 Å². The van der Waals surface area contributed by atoms with Gasteiger partial charge in [-0.25, -0.2) is 4.98 Å². The lowest BCUT2D eigenvalue weighted by molar-refractivity contribution is -0.385. The largest absolute Gasteiger partial charge is 0.383 e. The van der Waals surface area contributed by atoms with Crippen LogP contribution in [0.25, 0.3) is 0 Å². The predicted octanol–water partition coefficient (Wildman–Crippen LogP) is 1.09. The van der Waals surface area contributed by atoms with Crippen LogP contribution in [-0.4, -0.2) is 33.3 Å². The molecule has 1 saturated carbocycles. The minimum Gasteiger partial charge on any atom is -0.383 e. The van der Waals surface area contributed by atoms with Crippen LogP contribution in [0.1, 0.15) is 29.6 Å². The van der Waals surface area contributed by atoms with Crippen molar-refractivity contribution in [3.63, 3.8) is 0 Å². The number of aromatic nitrogens is 1. The molecule has 0 atom stereocenters. The van der Waals surface area contributed by atoms with Gasteiger partial charge in [0.15, 0.2) is 0 Å². The van der Waals surface area contributed by atoms with E-state index in [0.717, 1.165) is 25.1 Å². The van der Waals surface area contributed by atoms with Gasteiger partial charge in [-0.3, -0.25) is 14.9 Å². The summed E-state index contributed by atoms with van der Waals surface area (Å²) in [5.41, 5.74) is 5.37. The molecule has 0 unspecified atom stereocenters. The second-order valence-corrected chi connectivity index (χ2v) is 4.52. The van der Waals surface area contributed by atoms with Gasteiger partial charge in [0, 0.05) is 18.7 Å². The van der Waals surface area contributed by atoms with E-state index in [0.29, 0.717) is 6.54 Å². The van der Waals surface area contributed by atoms with Gasteiger partial charge in [0.1, 0.15) is 12.0 Å². The minimum absolute atomic E-state index is 0.0176. The van der Waals surface area contributed by atoms with Gasteiger partial charge in [0.25, 0.3) is 11.6 Å². The number of nitrogen functional groups attached to an aromatic ring is 1. The van der Waals surface area contributed by atoms with Crippen molar-refractivity contribution < 1.29 is 9.72 Å². The summed E-state index contributed by atoms with van der Waals surface area (Å²) in [6, 6.07) is 3.21. The maximum Gasteiger partial charge on any atom is 0.288 e. The van der Waals surface area contributed by atoms with Crippen molar-refractivity contribution in [1.82, 2.24) is 9.88 Å². The van der Waals surface area contributed by atoms with Gasteiger partial charge in [0.2, 0.25) is 0 Å². The fourth-order valence-corrected chi connectivity index (χ4v) is 1.90. The van der Waals surface area contributed by atoms with Crippen molar-refractivity contribution in [2.45, 2.75) is 25.3 Å². The number of pyridine rings is 1. The Balaban J connectivity index is 2.28. The Kier molecular flexibility index (Phi) is 3.79. The molecule has 0 saturated heterocycles. The number of hydrogen-bond acceptors (Lipinski definition) is 6. The molecule has 1 aromatic rings. The van der Waals surface area contributed by atoms with Crippen molar-refractivity contribution in [3.05, 3.63) is 27.9 Å². The van der Waals surface area contributed by atoms with Crippen LogP contribution in [0.3, 0.4) is 0 Å². The minimum atomic E-state index is -0.625. The summed E-state index contributed by atoms with van der Waals surface area (Å²) < 4.78 is 0. The maximum absolute atomic E-state index is 12.4. The molecule has 1 aliphatic carbocycles. The first-order valence-electron chi connectivity index (χ1n) is 6.12. The lowest BCUT2D eigenvalue weighted by Gasteiger charge is -2.21. The summed E-state index contributed by atoms with van der Waals surface area (Å²) in [5.74, 6) is -0.445. The number of anilines is 1. The summed E-state index contributed by atoms with van der Waals surface area (Å²) in [5, 5.41) is 19.4. The number of carbonyl (C=O) groups is 1. The normalized spacial score (nSPS) is 13.6. The first kappa shape index (κ1) is 13.7. The van der Waals surface area contributed by atoms with Gasteiger partial charge >= 0.3 is 0 Å². The monoisotopic (exact) mass is 275 g/mol. The maximum atomic E-state index is 12.4. The summed E-state index contributed by atoms with van der Waals surface area (Å²) in [4.78, 5) is 27.7. The number of nitro groups is 1. The van der Waals surface area contributed by atoms with Crippen LogP contribution in [0.2, 0.25) is 0 Å². The number of carbonyl (C=O) groups excluding carboxylic acids is 1. The molecule has 0 radical (unpaired) electrons. The van der Waals surface area contributed by atoms with E-state index in [1.54, 1.807) is 4.90 Å². The Hall–Kier alpha value is -2.69. The zero-order valence-corrected chi connectivity index (χ0v) is 10.7. The van der Waals surface area contributed by atoms with Gasteiger partial charge in [-0.15, -0.1) is 0 Å². The smallest absolute Gasteiger partial charge is 0.288 e. The van der Waals surface area contributed by atoms with Crippen molar-refractivity contribution in [2.75, 3.05) is 12.3 Å². The van der Waals surface area contributed by atoms with Crippen molar-refractivity contribution in [1.29, 1.82) is 5.26 Å². The van der Waals surface area contributed by atoms with E-state index in [1.165, 1.54) is 0 Å². The lowest BCUT2D eigenvalue weighted by atomic mass is 10.2. The lowest BCUT2D eigenvalue weighted by Crippen LogP contribution is -2.34. The highest BCUT2D eigenvalue weighted by Gasteiger charge is 2.34. The fraction of sp³-hybridized carbons (Fsp3) is 0.417. The molecular weight excluding hydrogens is 262 g/mol. The van der Waals surface area contributed by atoms with E-state index in [2.05, 4.69) is 4.98 Å². The molecule has 1 fully saturated rings. The summed E-state index contributed by atoms with van der Waals surface area (Å²) >= 11 is 0. The van der Waals surface area contributed by atoms with Crippen LogP contribution in [0.4, 0.5) is 11.5 Å². The highest BCUT2D eigenvalue weighted by Crippen LogP contribution is 2.29. The molecule has 1 heterocycles. The third-order valence-electron chi connectivity index (χ3n) is 3.06. The summed E-state index contributed by atoms with van der Waals surface area (Å²) in [6.07, 6.45) is 2.98. The fourth-order valence-electron chi connectivity index (χ4n) is 1.90. The SMILES string of the molecule is N#CCCN(C(=O)c1cc([N+](=O)[O-])cnc1N)C1CC1. The number of nitrogens with two attached hydrogens (primary N) is 1. The van der Waals surface area contributed by atoms with Gasteiger partial charge in [0.05, 0.1) is 23.0 Å². The Morgan fingerprint density at radius 2 is 2.35 bits per heavy atom. The van der Waals surface area contributed by atoms with Gasteiger partial charge in [-0.05, 0) is 12.8 Å². The van der Waals surface area contributed by atoms with Crippen LogP contribution in [0.15, 0.2) is 12.3 Å². The van der Waals surface area contributed by atoms with Crippen molar-refractivity contribution >= 4 is 17.4 Å². The Bertz CT molecular complexity index is 591. The molecular formula is C12H13N5O3. The molecule has 1 aromatic heterocycles. The number of amides is 1. The molecule has 104 valence electrons. The Labute approximate surface area is 115 Å². The molecule has 0 aromatic carbocycles. The van der Waals surface area contributed by atoms with Crippen LogP contribution in [-0.2, 0) is 0 Å². The average Bonchev–Trinajstić information content (AvgIpc) is 3.23. The Morgan fingerprint density at radius 3 is 2.90 bits per heavy atom. The Morgan fingerprint density at radius 1 is 1.65 bits per heavy atom. The van der Waals surface area contributed by atoms with E-state index < -0.39 is 10.8 Å². The molecule has 0 spiro atoms. The molecule has 20 heavy (non-hydrogen) atoms. The average molecular weight is 275 g/mol. The first-order chi connectivity index (χ1) is 9.54. The highest BCUT2D eigenvalue weighted by atomic mass is 16.6. The number of nitrogens with zero attached hydrogens (tertiary/aromatic N) is 4. The van der Waals surface area contributed by atoms with E-state index in [4.69, 9.17) is 11.0 Å². The molecule has 2 N–H and O–H groups in total. The molecule has 1 aliphatic rings. The van der Waals surface area contributed by atoms with Crippen LogP contribution >= 0.6 is 0 Å². The third-order valence-corrected chi connectivity index (χ3v) is 3.06. The summed E-state index contributed by atoms with van der Waals surface area (Å²) in [7, 11) is 0. The number of nitriles is 1. The van der Waals surface area contributed by atoms with Gasteiger partial charge in [-0.1, -0.05) is 0 Å². The third kappa shape index (κ3) is 2.83. The van der Waals surface area contributed by atoms with Crippen molar-refractivity contribution in [2.24, 2.45) is 0 Å². The second-order valence-electron chi connectivity index (χ2n) is 4.52. The van der Waals surface area contributed by atoms with E-state index in [9.17, 15) is 14.9 Å². The zero-order chi connectivity index (χ0) is 14.7. The topological polar surface area (TPSA) is 126 Å². The van der Waals surface area contributed by atoms with E-state index >= 15 is 0 Å². The quantitative estimate of drug-likeness (QED) is 0.633. The molecule has 2 rings (SSSR count). The highest BCUT2D eigenvalue weighted by molar-refractivity contribution is 5.99. The molecule has 8 nitrogen and oxygen atoms in total. The first-order valence-corrected chi connectivity index (χ1v) is 6.12. The zero-order valence-electron chi connectivity index (χ0n) is 10.7. The van der Waals surface area contributed by atoms with Gasteiger partial charge in [-0.2, -0.15) is 5.26 Å². The number of hydrogen-bond donors (Lipinski definition) is 1. The summed E-state index contributed by atoms with van der Waals surface area (Å²) in [6.45, 7) is 0.294. The van der Waals surface area contributed by atoms with E-state index in [1.807, 2.05) is 6.07 Å². The molecule has 1 amide bonds. The molecule has 0 bridgehead atoms. The molecule has 8 heteroatoms.